The topological polar surface area (TPSA) is 64.7 Å². The SMILES string of the molecule is CC(C)(C(=O)NCc1ccc(-n2cccn2)cc1)n1cc(Cl)cn1. The van der Waals surface area contributed by atoms with Crippen LogP contribution in [0.3, 0.4) is 0 Å². The molecular weight excluding hydrogens is 326 g/mol. The minimum absolute atomic E-state index is 0.126. The number of hydrogen-bond donors (Lipinski definition) is 1. The Morgan fingerprint density at radius 2 is 2.00 bits per heavy atom. The summed E-state index contributed by atoms with van der Waals surface area (Å²) in [6, 6.07) is 9.74. The molecule has 0 unspecified atom stereocenters. The van der Waals surface area contributed by atoms with E-state index in [0.29, 0.717) is 11.6 Å². The number of nitrogens with zero attached hydrogens (tertiary/aromatic N) is 4. The Bertz CT molecular complexity index is 821. The van der Waals surface area contributed by atoms with Gasteiger partial charge in [0.2, 0.25) is 5.91 Å². The number of benzene rings is 1. The average Bonchev–Trinajstić information content (AvgIpc) is 3.24. The molecule has 0 bridgehead atoms. The van der Waals surface area contributed by atoms with Gasteiger partial charge in [-0.05, 0) is 37.6 Å². The molecule has 1 amide bonds. The molecule has 2 heterocycles. The lowest BCUT2D eigenvalue weighted by Crippen LogP contribution is -2.44. The molecule has 24 heavy (non-hydrogen) atoms. The van der Waals surface area contributed by atoms with Gasteiger partial charge in [-0.1, -0.05) is 23.7 Å². The minimum atomic E-state index is -0.817. The lowest BCUT2D eigenvalue weighted by atomic mass is 10.0. The van der Waals surface area contributed by atoms with Gasteiger partial charge in [0.1, 0.15) is 5.54 Å². The molecule has 7 heteroatoms. The van der Waals surface area contributed by atoms with Gasteiger partial charge in [0.25, 0.3) is 0 Å². The van der Waals surface area contributed by atoms with E-state index in [1.165, 1.54) is 6.20 Å². The summed E-state index contributed by atoms with van der Waals surface area (Å²) < 4.78 is 3.35. The van der Waals surface area contributed by atoms with Crippen molar-refractivity contribution in [3.05, 3.63) is 65.7 Å². The molecule has 0 aliphatic rings. The van der Waals surface area contributed by atoms with Crippen molar-refractivity contribution >= 4 is 17.5 Å². The Morgan fingerprint density at radius 3 is 2.58 bits per heavy atom. The predicted octanol–water partition coefficient (Wildman–Crippen LogP) is 2.77. The van der Waals surface area contributed by atoms with Crippen molar-refractivity contribution in [1.82, 2.24) is 24.9 Å². The molecular formula is C17H18ClN5O. The second-order valence-electron chi connectivity index (χ2n) is 5.96. The number of amides is 1. The largest absolute Gasteiger partial charge is 0.350 e. The molecule has 124 valence electrons. The first-order valence-corrected chi connectivity index (χ1v) is 7.92. The van der Waals surface area contributed by atoms with Crippen molar-refractivity contribution in [2.75, 3.05) is 0 Å². The normalized spacial score (nSPS) is 11.5. The Kier molecular flexibility index (Phi) is 4.40. The van der Waals surface area contributed by atoms with Gasteiger partial charge in [-0.2, -0.15) is 10.2 Å². The summed E-state index contributed by atoms with van der Waals surface area (Å²) >= 11 is 5.88. The number of nitrogens with one attached hydrogen (secondary N) is 1. The fourth-order valence-corrected chi connectivity index (χ4v) is 2.43. The molecule has 0 aliphatic carbocycles. The van der Waals surface area contributed by atoms with Gasteiger partial charge in [-0.25, -0.2) is 4.68 Å². The molecule has 0 saturated heterocycles. The van der Waals surface area contributed by atoms with E-state index in [2.05, 4.69) is 15.5 Å². The number of hydrogen-bond acceptors (Lipinski definition) is 3. The van der Waals surface area contributed by atoms with Crippen molar-refractivity contribution in [3.63, 3.8) is 0 Å². The zero-order valence-corrected chi connectivity index (χ0v) is 14.2. The smallest absolute Gasteiger partial charge is 0.247 e. The third-order valence-electron chi connectivity index (χ3n) is 3.84. The maximum atomic E-state index is 12.5. The monoisotopic (exact) mass is 343 g/mol. The molecule has 0 radical (unpaired) electrons. The van der Waals surface area contributed by atoms with Crippen LogP contribution in [0.4, 0.5) is 0 Å². The molecule has 1 aromatic carbocycles. The van der Waals surface area contributed by atoms with Gasteiger partial charge in [-0.3, -0.25) is 9.48 Å². The van der Waals surface area contributed by atoms with Gasteiger partial charge >= 0.3 is 0 Å². The van der Waals surface area contributed by atoms with E-state index in [-0.39, 0.29) is 5.91 Å². The van der Waals surface area contributed by atoms with Crippen LogP contribution in [0.2, 0.25) is 5.02 Å². The summed E-state index contributed by atoms with van der Waals surface area (Å²) in [6.07, 6.45) is 6.77. The van der Waals surface area contributed by atoms with E-state index in [1.807, 2.05) is 36.5 Å². The van der Waals surface area contributed by atoms with Crippen molar-refractivity contribution in [2.24, 2.45) is 0 Å². The predicted molar refractivity (Wildman–Crippen MR) is 92.0 cm³/mol. The lowest BCUT2D eigenvalue weighted by molar-refractivity contribution is -0.129. The summed E-state index contributed by atoms with van der Waals surface area (Å²) in [5.41, 5.74) is 1.16. The van der Waals surface area contributed by atoms with Gasteiger partial charge in [-0.15, -0.1) is 0 Å². The first kappa shape index (κ1) is 16.3. The van der Waals surface area contributed by atoms with Crippen LogP contribution < -0.4 is 5.32 Å². The third-order valence-corrected chi connectivity index (χ3v) is 4.03. The number of rotatable bonds is 5. The number of aromatic nitrogens is 4. The first-order chi connectivity index (χ1) is 11.5. The van der Waals surface area contributed by atoms with E-state index < -0.39 is 5.54 Å². The van der Waals surface area contributed by atoms with Crippen LogP contribution in [0.5, 0.6) is 0 Å². The molecule has 3 rings (SSSR count). The Hall–Kier alpha value is -2.60. The summed E-state index contributed by atoms with van der Waals surface area (Å²) in [6.45, 7) is 4.04. The Balaban J connectivity index is 1.64. The summed E-state index contributed by atoms with van der Waals surface area (Å²) in [4.78, 5) is 12.5. The van der Waals surface area contributed by atoms with Gasteiger partial charge < -0.3 is 5.32 Å². The zero-order chi connectivity index (χ0) is 17.2. The van der Waals surface area contributed by atoms with Crippen LogP contribution in [-0.2, 0) is 16.9 Å². The van der Waals surface area contributed by atoms with E-state index in [1.54, 1.807) is 35.6 Å². The van der Waals surface area contributed by atoms with Crippen molar-refractivity contribution in [1.29, 1.82) is 0 Å². The van der Waals surface area contributed by atoms with Gasteiger partial charge in [0, 0.05) is 25.1 Å². The average molecular weight is 344 g/mol. The number of halogens is 1. The van der Waals surface area contributed by atoms with E-state index in [9.17, 15) is 4.79 Å². The molecule has 2 aromatic heterocycles. The van der Waals surface area contributed by atoms with Crippen LogP contribution in [0.1, 0.15) is 19.4 Å². The van der Waals surface area contributed by atoms with Gasteiger partial charge in [0.05, 0.1) is 16.9 Å². The zero-order valence-electron chi connectivity index (χ0n) is 13.5. The minimum Gasteiger partial charge on any atom is -0.350 e. The fraction of sp³-hybridized carbons (Fsp3) is 0.235. The van der Waals surface area contributed by atoms with E-state index in [0.717, 1.165) is 11.3 Å². The van der Waals surface area contributed by atoms with Crippen LogP contribution in [0, 0.1) is 0 Å². The molecule has 0 fully saturated rings. The summed E-state index contributed by atoms with van der Waals surface area (Å²) in [5, 5.41) is 11.7. The van der Waals surface area contributed by atoms with Crippen molar-refractivity contribution in [3.8, 4) is 5.69 Å². The highest BCUT2D eigenvalue weighted by Crippen LogP contribution is 2.17. The lowest BCUT2D eigenvalue weighted by Gasteiger charge is -2.24. The maximum absolute atomic E-state index is 12.5. The Morgan fingerprint density at radius 1 is 1.25 bits per heavy atom. The van der Waals surface area contributed by atoms with Crippen LogP contribution in [0.25, 0.3) is 5.69 Å². The second-order valence-corrected chi connectivity index (χ2v) is 6.40. The van der Waals surface area contributed by atoms with Crippen molar-refractivity contribution < 1.29 is 4.79 Å². The maximum Gasteiger partial charge on any atom is 0.247 e. The van der Waals surface area contributed by atoms with E-state index >= 15 is 0 Å². The highest BCUT2D eigenvalue weighted by atomic mass is 35.5. The van der Waals surface area contributed by atoms with E-state index in [4.69, 9.17) is 11.6 Å². The molecule has 1 N–H and O–H groups in total. The highest BCUT2D eigenvalue weighted by Gasteiger charge is 2.30. The number of carbonyl (C=O) groups is 1. The van der Waals surface area contributed by atoms with Gasteiger partial charge in [0.15, 0.2) is 0 Å². The highest BCUT2D eigenvalue weighted by molar-refractivity contribution is 6.30. The van der Waals surface area contributed by atoms with Crippen LogP contribution in [0.15, 0.2) is 55.1 Å². The molecule has 0 aliphatic heterocycles. The summed E-state index contributed by atoms with van der Waals surface area (Å²) in [7, 11) is 0. The second kappa shape index (κ2) is 6.49. The standard InChI is InChI=1S/C17H18ClN5O/c1-17(2,23-12-14(18)11-21-23)16(24)19-10-13-4-6-15(7-5-13)22-9-3-8-20-22/h3-9,11-12H,10H2,1-2H3,(H,19,24). The molecule has 6 nitrogen and oxygen atoms in total. The quantitative estimate of drug-likeness (QED) is 0.774. The summed E-state index contributed by atoms with van der Waals surface area (Å²) in [5.74, 6) is -0.126. The fourth-order valence-electron chi connectivity index (χ4n) is 2.30. The van der Waals surface area contributed by atoms with Crippen LogP contribution >= 0.6 is 11.6 Å². The molecule has 0 saturated carbocycles. The molecule has 0 spiro atoms. The first-order valence-electron chi connectivity index (χ1n) is 7.55. The molecule has 0 atom stereocenters. The van der Waals surface area contributed by atoms with Crippen LogP contribution in [-0.4, -0.2) is 25.5 Å². The molecule has 3 aromatic rings. The van der Waals surface area contributed by atoms with Crippen molar-refractivity contribution in [2.45, 2.75) is 25.9 Å². The number of carbonyl (C=O) groups excluding carboxylic acids is 1. The third kappa shape index (κ3) is 3.33. The Labute approximate surface area is 145 Å².